The van der Waals surface area contributed by atoms with Crippen LogP contribution < -0.4 is 4.74 Å². The quantitative estimate of drug-likeness (QED) is 0.431. The van der Waals surface area contributed by atoms with Gasteiger partial charge in [0.15, 0.2) is 0 Å². The van der Waals surface area contributed by atoms with Gasteiger partial charge in [-0.25, -0.2) is 5.01 Å². The molecule has 174 valence electrons. The van der Waals surface area contributed by atoms with Gasteiger partial charge in [0.05, 0.1) is 11.8 Å². The Balaban J connectivity index is 1.28. The number of fused-ring (bicyclic) bond motifs is 4. The molecule has 3 aromatic rings. The molecule has 3 aliphatic heterocycles. The second-order valence-corrected chi connectivity index (χ2v) is 10.9. The van der Waals surface area contributed by atoms with Gasteiger partial charge in [-0.15, -0.1) is 0 Å². The molecule has 4 nitrogen and oxygen atoms in total. The van der Waals surface area contributed by atoms with Crippen molar-refractivity contribution in [2.24, 2.45) is 5.10 Å². The Morgan fingerprint density at radius 2 is 1.56 bits per heavy atom. The van der Waals surface area contributed by atoms with Crippen molar-refractivity contribution in [1.82, 2.24) is 9.91 Å². The van der Waals surface area contributed by atoms with Gasteiger partial charge in [0, 0.05) is 53.7 Å². The number of hydrogen-bond donors (Lipinski definition) is 0. The second-order valence-electron chi connectivity index (χ2n) is 9.77. The van der Waals surface area contributed by atoms with Gasteiger partial charge in [0.25, 0.3) is 0 Å². The summed E-state index contributed by atoms with van der Waals surface area (Å²) in [5.41, 5.74) is 3.27. The predicted octanol–water partition coefficient (Wildman–Crippen LogP) is 6.58. The lowest BCUT2D eigenvalue weighted by atomic mass is 9.90. The summed E-state index contributed by atoms with van der Waals surface area (Å²) in [6, 6.07) is 28.8. The third-order valence-corrected chi connectivity index (χ3v) is 8.40. The highest BCUT2D eigenvalue weighted by Gasteiger charge is 2.51. The zero-order chi connectivity index (χ0) is 23.1. The van der Waals surface area contributed by atoms with Crippen LogP contribution >= 0.6 is 11.8 Å². The predicted molar refractivity (Wildman–Crippen MR) is 138 cm³/mol. The van der Waals surface area contributed by atoms with Crippen molar-refractivity contribution in [1.29, 1.82) is 0 Å². The zero-order valence-corrected chi connectivity index (χ0v) is 20.7. The van der Waals surface area contributed by atoms with E-state index in [-0.39, 0.29) is 11.8 Å². The Labute approximate surface area is 206 Å². The summed E-state index contributed by atoms with van der Waals surface area (Å²) in [6.07, 6.45) is 2.86. The fourth-order valence-electron chi connectivity index (χ4n) is 5.46. The van der Waals surface area contributed by atoms with Gasteiger partial charge in [-0.05, 0) is 49.7 Å². The normalized spacial score (nSPS) is 21.2. The molecule has 34 heavy (non-hydrogen) atoms. The van der Waals surface area contributed by atoms with Crippen molar-refractivity contribution < 1.29 is 4.74 Å². The van der Waals surface area contributed by atoms with Crippen LogP contribution in [0.5, 0.6) is 5.75 Å². The summed E-state index contributed by atoms with van der Waals surface area (Å²) in [7, 11) is 0. The Hall–Kier alpha value is -2.76. The van der Waals surface area contributed by atoms with E-state index in [9.17, 15) is 0 Å². The van der Waals surface area contributed by atoms with Crippen LogP contribution in [0.25, 0.3) is 0 Å². The molecule has 1 spiro atoms. The Kier molecular flexibility index (Phi) is 5.62. The highest BCUT2D eigenvalue weighted by Crippen LogP contribution is 2.50. The van der Waals surface area contributed by atoms with Crippen LogP contribution in [0.2, 0.25) is 0 Å². The van der Waals surface area contributed by atoms with Crippen LogP contribution in [0.1, 0.15) is 50.3 Å². The summed E-state index contributed by atoms with van der Waals surface area (Å²) >= 11 is 1.79. The smallest absolute Gasteiger partial charge is 0.200 e. The number of ether oxygens (including phenoxy) is 1. The third kappa shape index (κ3) is 3.91. The topological polar surface area (TPSA) is 28.1 Å². The lowest BCUT2D eigenvalue weighted by Gasteiger charge is -2.51. The van der Waals surface area contributed by atoms with Crippen LogP contribution in [0.4, 0.5) is 0 Å². The van der Waals surface area contributed by atoms with Gasteiger partial charge < -0.3 is 9.64 Å². The van der Waals surface area contributed by atoms with E-state index in [1.165, 1.54) is 20.9 Å². The van der Waals surface area contributed by atoms with E-state index in [1.54, 1.807) is 11.8 Å². The van der Waals surface area contributed by atoms with E-state index in [2.05, 4.69) is 103 Å². The van der Waals surface area contributed by atoms with Crippen molar-refractivity contribution in [3.8, 4) is 5.75 Å². The van der Waals surface area contributed by atoms with E-state index >= 15 is 0 Å². The molecule has 0 amide bonds. The molecule has 0 bridgehead atoms. The van der Waals surface area contributed by atoms with Gasteiger partial charge in [-0.1, -0.05) is 60.3 Å². The Morgan fingerprint density at radius 3 is 2.29 bits per heavy atom. The summed E-state index contributed by atoms with van der Waals surface area (Å²) < 4.78 is 6.76. The molecule has 3 aliphatic rings. The lowest BCUT2D eigenvalue weighted by molar-refractivity contribution is -0.152. The minimum absolute atomic E-state index is 0.240. The molecular weight excluding hydrogens is 438 g/mol. The first-order valence-corrected chi connectivity index (χ1v) is 13.2. The molecular formula is C29H31N3OS. The van der Waals surface area contributed by atoms with E-state index in [0.717, 1.165) is 43.8 Å². The Bertz CT molecular complexity index is 1180. The number of benzene rings is 3. The largest absolute Gasteiger partial charge is 0.466 e. The number of likely N-dealkylation sites (tertiary alicyclic amines) is 1. The van der Waals surface area contributed by atoms with E-state index in [0.29, 0.717) is 6.04 Å². The number of rotatable bonds is 4. The van der Waals surface area contributed by atoms with Gasteiger partial charge >= 0.3 is 0 Å². The summed E-state index contributed by atoms with van der Waals surface area (Å²) in [4.78, 5) is 5.06. The van der Waals surface area contributed by atoms with Gasteiger partial charge in [0.1, 0.15) is 5.75 Å². The molecule has 1 atom stereocenters. The maximum absolute atomic E-state index is 6.76. The summed E-state index contributed by atoms with van der Waals surface area (Å²) in [5, 5.41) is 7.55. The number of hydrogen-bond acceptors (Lipinski definition) is 5. The van der Waals surface area contributed by atoms with Crippen LogP contribution in [0.15, 0.2) is 93.8 Å². The minimum atomic E-state index is -0.352. The fourth-order valence-corrected chi connectivity index (χ4v) is 6.30. The molecule has 0 radical (unpaired) electrons. The summed E-state index contributed by atoms with van der Waals surface area (Å²) in [5.74, 6) is 1.04. The highest BCUT2D eigenvalue weighted by molar-refractivity contribution is 7.99. The van der Waals surface area contributed by atoms with Crippen LogP contribution in [-0.2, 0) is 0 Å². The van der Waals surface area contributed by atoms with E-state index in [1.807, 2.05) is 0 Å². The molecule has 0 aliphatic carbocycles. The molecule has 1 saturated heterocycles. The van der Waals surface area contributed by atoms with E-state index < -0.39 is 0 Å². The number of piperidine rings is 1. The van der Waals surface area contributed by atoms with Crippen LogP contribution in [0, 0.1) is 0 Å². The average Bonchev–Trinajstić information content (AvgIpc) is 3.33. The Morgan fingerprint density at radius 1 is 0.882 bits per heavy atom. The maximum Gasteiger partial charge on any atom is 0.200 e. The van der Waals surface area contributed by atoms with Gasteiger partial charge in [-0.3, -0.25) is 0 Å². The first kappa shape index (κ1) is 21.8. The number of nitrogens with zero attached hydrogens (tertiary/aromatic N) is 3. The van der Waals surface area contributed by atoms with Crippen molar-refractivity contribution in [3.05, 3.63) is 90.0 Å². The first-order valence-electron chi connectivity index (χ1n) is 12.3. The molecule has 6 rings (SSSR count). The lowest BCUT2D eigenvalue weighted by Crippen LogP contribution is -2.59. The maximum atomic E-state index is 6.76. The van der Waals surface area contributed by atoms with Gasteiger partial charge in [0.2, 0.25) is 5.72 Å². The first-order chi connectivity index (χ1) is 16.6. The molecule has 0 N–H and O–H groups in total. The van der Waals surface area contributed by atoms with Crippen molar-refractivity contribution in [2.75, 3.05) is 13.1 Å². The third-order valence-electron chi connectivity index (χ3n) is 7.38. The molecule has 1 fully saturated rings. The van der Waals surface area contributed by atoms with Crippen LogP contribution in [0.3, 0.4) is 0 Å². The van der Waals surface area contributed by atoms with Gasteiger partial charge in [-0.2, -0.15) is 5.10 Å². The molecule has 0 saturated carbocycles. The van der Waals surface area contributed by atoms with Crippen molar-refractivity contribution >= 4 is 17.5 Å². The highest BCUT2D eigenvalue weighted by atomic mass is 32.2. The van der Waals surface area contributed by atoms with Crippen LogP contribution in [-0.4, -0.2) is 40.5 Å². The number of hydrazone groups is 1. The standard InChI is InChI=1S/C29H31N3OS/c1-21(2)31-18-16-29(17-19-31)32-27(25-10-6-7-11-28(25)33-29)20-26(30-32)22-12-14-24(15-13-22)34-23-8-4-3-5-9-23/h3-15,21,27H,16-20H2,1-2H3/t27-/m0/s1. The molecule has 5 heteroatoms. The fraction of sp³-hybridized carbons (Fsp3) is 0.345. The zero-order valence-electron chi connectivity index (χ0n) is 19.9. The monoisotopic (exact) mass is 469 g/mol. The summed E-state index contributed by atoms with van der Waals surface area (Å²) in [6.45, 7) is 6.64. The molecule has 3 heterocycles. The van der Waals surface area contributed by atoms with Crippen molar-refractivity contribution in [3.63, 3.8) is 0 Å². The molecule has 0 aromatic heterocycles. The van der Waals surface area contributed by atoms with Crippen molar-refractivity contribution in [2.45, 2.75) is 60.7 Å². The average molecular weight is 470 g/mol. The second kappa shape index (κ2) is 8.79. The molecule has 0 unspecified atom stereocenters. The molecule has 3 aromatic carbocycles. The number of para-hydroxylation sites is 1. The SMILES string of the molecule is CC(C)N1CCC2(CC1)Oc1ccccc1[C@@H]1CC(c3ccc(Sc4ccccc4)cc3)=NN12. The minimum Gasteiger partial charge on any atom is -0.466 e. The van der Waals surface area contributed by atoms with E-state index in [4.69, 9.17) is 9.84 Å².